The van der Waals surface area contributed by atoms with Gasteiger partial charge in [0.25, 0.3) is 0 Å². The summed E-state index contributed by atoms with van der Waals surface area (Å²) >= 11 is 0. The fourth-order valence-corrected chi connectivity index (χ4v) is 7.99. The topological polar surface area (TPSA) is 151 Å². The lowest BCUT2D eigenvalue weighted by Gasteiger charge is -2.26. The number of hydrogen-bond donors (Lipinski definition) is 6. The number of hydrogen-bond acceptors (Lipinski definition) is 7. The van der Waals surface area contributed by atoms with Crippen molar-refractivity contribution in [3.05, 3.63) is 0 Å². The van der Waals surface area contributed by atoms with Crippen LogP contribution in [0, 0.1) is 0 Å². The Kier molecular flexibility index (Phi) is 11.9. The molecule has 0 saturated carbocycles. The predicted octanol–water partition coefficient (Wildman–Crippen LogP) is -0.218. The van der Waals surface area contributed by atoms with Gasteiger partial charge in [-0.1, -0.05) is 0 Å². The van der Waals surface area contributed by atoms with Crippen LogP contribution in [0.2, 0.25) is 0 Å². The molecule has 6 N–H and O–H groups in total. The molecule has 1 aliphatic rings. The van der Waals surface area contributed by atoms with Crippen molar-refractivity contribution < 1.29 is 28.8 Å². The van der Waals surface area contributed by atoms with E-state index in [1.54, 1.807) is 0 Å². The van der Waals surface area contributed by atoms with Gasteiger partial charge in [0.2, 0.25) is 14.7 Å². The summed E-state index contributed by atoms with van der Waals surface area (Å²) in [7, 11) is -7.82. The van der Waals surface area contributed by atoms with Gasteiger partial charge in [-0.15, -0.1) is 0 Å². The molecule has 1 saturated heterocycles. The molecule has 0 aliphatic carbocycles. The lowest BCUT2D eigenvalue weighted by Crippen LogP contribution is -2.37. The highest BCUT2D eigenvalue weighted by atomic mass is 31.2. The SMILES string of the molecule is O=C(O)CCP(=O)(O)CP(=O)(O)CN1CCCNCCNCCCNCC1. The molecule has 160 valence electrons. The van der Waals surface area contributed by atoms with E-state index >= 15 is 0 Å². The van der Waals surface area contributed by atoms with Gasteiger partial charge < -0.3 is 30.8 Å². The molecule has 0 radical (unpaired) electrons. The zero-order chi connectivity index (χ0) is 20.2. The van der Waals surface area contributed by atoms with Gasteiger partial charge >= 0.3 is 5.97 Å². The van der Waals surface area contributed by atoms with Crippen molar-refractivity contribution in [3.8, 4) is 0 Å². The minimum absolute atomic E-state index is 0.159. The summed E-state index contributed by atoms with van der Waals surface area (Å²) in [6.07, 6.45) is 0.674. The van der Waals surface area contributed by atoms with Gasteiger partial charge in [-0.05, 0) is 39.0 Å². The van der Waals surface area contributed by atoms with Gasteiger partial charge in [-0.3, -0.25) is 18.8 Å². The highest BCUT2D eigenvalue weighted by Gasteiger charge is 2.32. The van der Waals surface area contributed by atoms with Crippen LogP contribution in [0.4, 0.5) is 0 Å². The van der Waals surface area contributed by atoms with Crippen LogP contribution in [0.1, 0.15) is 19.3 Å². The van der Waals surface area contributed by atoms with E-state index in [0.29, 0.717) is 19.6 Å². The van der Waals surface area contributed by atoms with E-state index in [9.17, 15) is 23.7 Å². The fourth-order valence-electron chi connectivity index (χ4n) is 2.85. The molecule has 10 nitrogen and oxygen atoms in total. The first-order valence-corrected chi connectivity index (χ1v) is 13.4. The van der Waals surface area contributed by atoms with E-state index in [2.05, 4.69) is 16.0 Å². The minimum atomic E-state index is -3.95. The Morgan fingerprint density at radius 3 is 2.07 bits per heavy atom. The summed E-state index contributed by atoms with van der Waals surface area (Å²) in [6.45, 7) is 6.20. The Morgan fingerprint density at radius 2 is 1.44 bits per heavy atom. The first-order chi connectivity index (χ1) is 12.7. The zero-order valence-electron chi connectivity index (χ0n) is 15.8. The van der Waals surface area contributed by atoms with E-state index in [0.717, 1.165) is 45.6 Å². The Labute approximate surface area is 161 Å². The average molecular weight is 428 g/mol. The maximum Gasteiger partial charge on any atom is 0.303 e. The Morgan fingerprint density at radius 1 is 0.852 bits per heavy atom. The van der Waals surface area contributed by atoms with Crippen molar-refractivity contribution in [2.75, 3.05) is 70.7 Å². The van der Waals surface area contributed by atoms with E-state index in [1.165, 1.54) is 0 Å². The molecule has 12 heteroatoms. The van der Waals surface area contributed by atoms with Crippen LogP contribution in [0.15, 0.2) is 0 Å². The number of rotatable bonds is 7. The van der Waals surface area contributed by atoms with Crippen LogP contribution in [0.3, 0.4) is 0 Å². The molecular formula is C15H34N4O6P2. The molecule has 1 heterocycles. The van der Waals surface area contributed by atoms with Crippen molar-refractivity contribution in [2.45, 2.75) is 19.3 Å². The van der Waals surface area contributed by atoms with Crippen LogP contribution in [0.25, 0.3) is 0 Å². The second kappa shape index (κ2) is 13.0. The molecule has 0 aromatic heterocycles. The van der Waals surface area contributed by atoms with Gasteiger partial charge in [0, 0.05) is 32.3 Å². The summed E-state index contributed by atoms with van der Waals surface area (Å²) in [5.41, 5.74) is 0. The van der Waals surface area contributed by atoms with E-state index in [-0.39, 0.29) is 6.29 Å². The molecule has 0 aromatic rings. The Hall–Kier alpha value is -0.310. The van der Waals surface area contributed by atoms with Crippen LogP contribution in [-0.2, 0) is 13.9 Å². The van der Waals surface area contributed by atoms with Gasteiger partial charge in [0.1, 0.15) is 5.90 Å². The van der Waals surface area contributed by atoms with Gasteiger partial charge in [0.05, 0.1) is 12.7 Å². The normalized spacial score (nSPS) is 23.6. The number of carbonyl (C=O) groups is 1. The quantitative estimate of drug-likeness (QED) is 0.300. The average Bonchev–Trinajstić information content (AvgIpc) is 2.55. The van der Waals surface area contributed by atoms with E-state index < -0.39 is 39.2 Å². The number of carboxylic acids is 1. The monoisotopic (exact) mass is 428 g/mol. The maximum atomic E-state index is 12.5. The zero-order valence-corrected chi connectivity index (χ0v) is 17.6. The number of aliphatic carboxylic acids is 1. The molecule has 1 fully saturated rings. The Bertz CT molecular complexity index is 522. The fraction of sp³-hybridized carbons (Fsp3) is 0.933. The standard InChI is InChI=1S/C15H34N4O6P2/c20-15(21)3-12-26(22,23)14-27(24,25)13-19-10-2-6-17-8-7-16-4-1-5-18-9-11-19/h16-18H,1-14H2,(H,20,21)(H,22,23)(H,24,25). The third kappa shape index (κ3) is 13.5. The first kappa shape index (κ1) is 24.7. The van der Waals surface area contributed by atoms with Crippen LogP contribution in [0.5, 0.6) is 0 Å². The second-order valence-electron chi connectivity index (χ2n) is 6.92. The summed E-state index contributed by atoms with van der Waals surface area (Å²) in [5, 5.41) is 18.6. The molecule has 2 unspecified atom stereocenters. The van der Waals surface area contributed by atoms with Gasteiger partial charge in [-0.2, -0.15) is 0 Å². The highest BCUT2D eigenvalue weighted by Crippen LogP contribution is 2.57. The van der Waals surface area contributed by atoms with Crippen LogP contribution >= 0.6 is 14.7 Å². The number of nitrogens with one attached hydrogen (secondary N) is 3. The Balaban J connectivity index is 2.56. The predicted molar refractivity (Wildman–Crippen MR) is 106 cm³/mol. The van der Waals surface area contributed by atoms with Crippen molar-refractivity contribution in [2.24, 2.45) is 0 Å². The lowest BCUT2D eigenvalue weighted by atomic mass is 10.3. The molecule has 0 spiro atoms. The summed E-state index contributed by atoms with van der Waals surface area (Å²) < 4.78 is 24.6. The molecule has 27 heavy (non-hydrogen) atoms. The summed E-state index contributed by atoms with van der Waals surface area (Å²) in [6, 6.07) is 0. The molecule has 1 rings (SSSR count). The molecule has 0 aromatic carbocycles. The largest absolute Gasteiger partial charge is 0.481 e. The van der Waals surface area contributed by atoms with Crippen molar-refractivity contribution >= 4 is 20.7 Å². The second-order valence-corrected chi connectivity index (χ2v) is 12.2. The number of carboxylic acid groups (broad SMARTS) is 1. The highest BCUT2D eigenvalue weighted by molar-refractivity contribution is 7.75. The van der Waals surface area contributed by atoms with Crippen molar-refractivity contribution in [1.29, 1.82) is 0 Å². The molecule has 0 bridgehead atoms. The summed E-state index contributed by atoms with van der Waals surface area (Å²) in [4.78, 5) is 32.5. The van der Waals surface area contributed by atoms with Crippen molar-refractivity contribution in [3.63, 3.8) is 0 Å². The molecule has 2 atom stereocenters. The van der Waals surface area contributed by atoms with E-state index in [4.69, 9.17) is 5.11 Å². The molecule has 0 amide bonds. The first-order valence-electron chi connectivity index (χ1n) is 9.38. The third-order valence-corrected chi connectivity index (χ3v) is 9.46. The van der Waals surface area contributed by atoms with Gasteiger partial charge in [-0.25, -0.2) is 0 Å². The lowest BCUT2D eigenvalue weighted by molar-refractivity contribution is -0.136. The van der Waals surface area contributed by atoms with E-state index in [1.807, 2.05) is 4.90 Å². The van der Waals surface area contributed by atoms with Gasteiger partial charge in [0.15, 0.2) is 0 Å². The van der Waals surface area contributed by atoms with Crippen LogP contribution < -0.4 is 16.0 Å². The third-order valence-electron chi connectivity index (χ3n) is 4.16. The van der Waals surface area contributed by atoms with Crippen LogP contribution in [-0.4, -0.2) is 96.5 Å². The summed E-state index contributed by atoms with van der Waals surface area (Å²) in [5.74, 6) is -1.93. The van der Waals surface area contributed by atoms with Crippen molar-refractivity contribution in [1.82, 2.24) is 20.9 Å². The minimum Gasteiger partial charge on any atom is -0.481 e. The molecular weight excluding hydrogens is 394 g/mol. The molecule has 1 aliphatic heterocycles. The maximum absolute atomic E-state index is 12.5. The number of nitrogens with zero attached hydrogens (tertiary/aromatic N) is 1. The smallest absolute Gasteiger partial charge is 0.303 e.